The lowest BCUT2D eigenvalue weighted by atomic mass is 10.3. The summed E-state index contributed by atoms with van der Waals surface area (Å²) in [6.45, 7) is 4.10. The van der Waals surface area contributed by atoms with Crippen LogP contribution in [0, 0.1) is 6.92 Å². The molecule has 2 aromatic rings. The average Bonchev–Trinajstić information content (AvgIpc) is 2.70. The molecule has 0 radical (unpaired) electrons. The number of alkyl halides is 1. The molecule has 1 N–H and O–H groups in total. The van der Waals surface area contributed by atoms with Crippen LogP contribution >= 0.6 is 23.4 Å². The molecule has 2 aromatic heterocycles. The zero-order valence-electron chi connectivity index (χ0n) is 10.4. The van der Waals surface area contributed by atoms with Crippen molar-refractivity contribution in [2.75, 3.05) is 5.88 Å². The molecule has 0 aliphatic rings. The van der Waals surface area contributed by atoms with E-state index in [1.54, 1.807) is 18.0 Å². The number of H-pyrrole nitrogens is 1. The molecule has 0 bridgehead atoms. The van der Waals surface area contributed by atoms with Gasteiger partial charge in [-0.2, -0.15) is 0 Å². The highest BCUT2D eigenvalue weighted by atomic mass is 35.5. The molecule has 0 saturated carbocycles. The molecular formula is C14H15ClN2S. The van der Waals surface area contributed by atoms with E-state index >= 15 is 0 Å². The van der Waals surface area contributed by atoms with Gasteiger partial charge < -0.3 is 4.98 Å². The van der Waals surface area contributed by atoms with E-state index in [4.69, 9.17) is 11.6 Å². The van der Waals surface area contributed by atoms with E-state index in [-0.39, 0.29) is 0 Å². The maximum atomic E-state index is 5.67. The van der Waals surface area contributed by atoms with Gasteiger partial charge in [0.1, 0.15) is 5.65 Å². The summed E-state index contributed by atoms with van der Waals surface area (Å²) in [6.07, 6.45) is 7.89. The molecule has 2 heterocycles. The van der Waals surface area contributed by atoms with Gasteiger partial charge in [0.2, 0.25) is 0 Å². The number of allylic oxidation sites excluding steroid dienone is 3. The zero-order valence-corrected chi connectivity index (χ0v) is 12.0. The summed E-state index contributed by atoms with van der Waals surface area (Å²) in [7, 11) is 0. The number of rotatable bonds is 4. The van der Waals surface area contributed by atoms with E-state index in [1.807, 2.05) is 25.1 Å². The number of nitrogens with one attached hydrogen (secondary N) is 1. The van der Waals surface area contributed by atoms with Crippen LogP contribution in [-0.4, -0.2) is 15.8 Å². The number of nitrogens with zero attached hydrogens (tertiary/aromatic N) is 1. The third kappa shape index (κ3) is 2.79. The molecule has 0 fully saturated rings. The predicted molar refractivity (Wildman–Crippen MR) is 80.3 cm³/mol. The Balaban J connectivity index is 2.36. The Labute approximate surface area is 116 Å². The molecule has 0 unspecified atom stereocenters. The van der Waals surface area contributed by atoms with Crippen molar-refractivity contribution in [3.8, 4) is 0 Å². The van der Waals surface area contributed by atoms with Crippen LogP contribution in [0.4, 0.5) is 0 Å². The minimum absolute atomic E-state index is 0.534. The fraction of sp³-hybridized carbons (Fsp3) is 0.214. The number of pyridine rings is 1. The second-order valence-electron chi connectivity index (χ2n) is 3.83. The lowest BCUT2D eigenvalue weighted by Crippen LogP contribution is -1.76. The van der Waals surface area contributed by atoms with Crippen LogP contribution in [0.5, 0.6) is 0 Å². The molecule has 0 amide bonds. The zero-order chi connectivity index (χ0) is 13.0. The van der Waals surface area contributed by atoms with Gasteiger partial charge in [-0.05, 0) is 26.0 Å². The molecule has 2 rings (SSSR count). The molecule has 94 valence electrons. The van der Waals surface area contributed by atoms with Gasteiger partial charge in [-0.25, -0.2) is 4.98 Å². The van der Waals surface area contributed by atoms with Gasteiger partial charge in [0.25, 0.3) is 0 Å². The number of hydrogen-bond acceptors (Lipinski definition) is 2. The first-order chi connectivity index (χ1) is 8.76. The predicted octanol–water partition coefficient (Wildman–Crippen LogP) is 4.66. The first kappa shape index (κ1) is 13.2. The van der Waals surface area contributed by atoms with Crippen molar-refractivity contribution in [2.24, 2.45) is 0 Å². The molecule has 0 saturated heterocycles. The smallest absolute Gasteiger partial charge is 0.138 e. The summed E-state index contributed by atoms with van der Waals surface area (Å²) >= 11 is 7.41. The molecule has 0 spiro atoms. The largest absolute Gasteiger partial charge is 0.342 e. The van der Waals surface area contributed by atoms with Crippen LogP contribution in [0.3, 0.4) is 0 Å². The SMILES string of the molecule is C/C=C(\C=C/CCl)Sc1c(C)[nH]c2ncccc12. The van der Waals surface area contributed by atoms with E-state index in [9.17, 15) is 0 Å². The highest BCUT2D eigenvalue weighted by Crippen LogP contribution is 2.35. The number of thioether (sulfide) groups is 1. The Hall–Kier alpha value is -1.19. The van der Waals surface area contributed by atoms with Crippen molar-refractivity contribution in [1.82, 2.24) is 9.97 Å². The standard InChI is InChI=1S/C14H15ClN2S/c1-3-11(6-4-8-15)18-13-10(2)17-14-12(13)7-5-9-16-14/h3-7,9H,8H2,1-2H3,(H,16,17)/b6-4-,11-3+. The third-order valence-corrected chi connectivity index (χ3v) is 4.09. The first-order valence-electron chi connectivity index (χ1n) is 5.76. The second-order valence-corrected chi connectivity index (χ2v) is 5.22. The summed E-state index contributed by atoms with van der Waals surface area (Å²) in [5, 5.41) is 1.17. The number of fused-ring (bicyclic) bond motifs is 1. The summed E-state index contributed by atoms with van der Waals surface area (Å²) < 4.78 is 0. The van der Waals surface area contributed by atoms with Gasteiger partial charge in [0.05, 0.1) is 0 Å². The van der Waals surface area contributed by atoms with Crippen LogP contribution in [0.2, 0.25) is 0 Å². The summed E-state index contributed by atoms with van der Waals surface area (Å²) in [6, 6.07) is 4.05. The van der Waals surface area contributed by atoms with Crippen LogP contribution in [-0.2, 0) is 0 Å². The summed E-state index contributed by atoms with van der Waals surface area (Å²) in [5.41, 5.74) is 2.08. The van der Waals surface area contributed by atoms with Gasteiger partial charge in [-0.3, -0.25) is 0 Å². The maximum Gasteiger partial charge on any atom is 0.138 e. The van der Waals surface area contributed by atoms with Crippen LogP contribution in [0.15, 0.2) is 46.4 Å². The lowest BCUT2D eigenvalue weighted by Gasteiger charge is -2.02. The van der Waals surface area contributed by atoms with Crippen LogP contribution in [0.1, 0.15) is 12.6 Å². The second kappa shape index (κ2) is 6.12. The number of aromatic nitrogens is 2. The molecule has 0 atom stereocenters. The Kier molecular flexibility index (Phi) is 4.50. The van der Waals surface area contributed by atoms with Crippen molar-refractivity contribution in [3.63, 3.8) is 0 Å². The molecule has 4 heteroatoms. The number of halogens is 1. The number of hydrogen-bond donors (Lipinski definition) is 1. The fourth-order valence-electron chi connectivity index (χ4n) is 1.72. The van der Waals surface area contributed by atoms with Crippen molar-refractivity contribution in [1.29, 1.82) is 0 Å². The first-order valence-corrected chi connectivity index (χ1v) is 7.11. The lowest BCUT2D eigenvalue weighted by molar-refractivity contribution is 1.21. The van der Waals surface area contributed by atoms with Crippen LogP contribution in [0.25, 0.3) is 11.0 Å². The highest BCUT2D eigenvalue weighted by molar-refractivity contribution is 8.03. The molecule has 0 aliphatic heterocycles. The minimum Gasteiger partial charge on any atom is -0.342 e. The molecule has 0 aliphatic carbocycles. The van der Waals surface area contributed by atoms with Gasteiger partial charge in [0, 0.05) is 33.0 Å². The number of aryl methyl sites for hydroxylation is 1. The molecule has 18 heavy (non-hydrogen) atoms. The normalized spacial score (nSPS) is 12.7. The Morgan fingerprint density at radius 3 is 3.11 bits per heavy atom. The van der Waals surface area contributed by atoms with E-state index < -0.39 is 0 Å². The van der Waals surface area contributed by atoms with Crippen molar-refractivity contribution in [3.05, 3.63) is 47.2 Å². The molecular weight excluding hydrogens is 264 g/mol. The maximum absolute atomic E-state index is 5.67. The van der Waals surface area contributed by atoms with Crippen molar-refractivity contribution >= 4 is 34.4 Å². The van der Waals surface area contributed by atoms with Gasteiger partial charge in [-0.1, -0.05) is 30.0 Å². The average molecular weight is 279 g/mol. The van der Waals surface area contributed by atoms with E-state index in [2.05, 4.69) is 29.0 Å². The summed E-state index contributed by atoms with van der Waals surface area (Å²) in [4.78, 5) is 10.0. The Morgan fingerprint density at radius 2 is 2.39 bits per heavy atom. The van der Waals surface area contributed by atoms with Gasteiger partial charge >= 0.3 is 0 Å². The topological polar surface area (TPSA) is 28.7 Å². The Morgan fingerprint density at radius 1 is 1.56 bits per heavy atom. The fourth-order valence-corrected chi connectivity index (χ4v) is 2.81. The quantitative estimate of drug-likeness (QED) is 0.500. The molecule has 0 aromatic carbocycles. The van der Waals surface area contributed by atoms with Gasteiger partial charge in [0.15, 0.2) is 0 Å². The van der Waals surface area contributed by atoms with Crippen LogP contribution < -0.4 is 0 Å². The van der Waals surface area contributed by atoms with Crippen molar-refractivity contribution in [2.45, 2.75) is 18.7 Å². The third-order valence-electron chi connectivity index (χ3n) is 2.57. The van der Waals surface area contributed by atoms with Crippen molar-refractivity contribution < 1.29 is 0 Å². The van der Waals surface area contributed by atoms with Gasteiger partial charge in [-0.15, -0.1) is 11.6 Å². The van der Waals surface area contributed by atoms with E-state index in [0.29, 0.717) is 5.88 Å². The Bertz CT molecular complexity index is 599. The number of aromatic amines is 1. The molecule has 2 nitrogen and oxygen atoms in total. The monoisotopic (exact) mass is 278 g/mol. The minimum atomic E-state index is 0.534. The summed E-state index contributed by atoms with van der Waals surface area (Å²) in [5.74, 6) is 0.534. The highest BCUT2D eigenvalue weighted by Gasteiger charge is 2.10. The van der Waals surface area contributed by atoms with E-state index in [0.717, 1.165) is 11.3 Å². The van der Waals surface area contributed by atoms with E-state index in [1.165, 1.54) is 15.2 Å².